The van der Waals surface area contributed by atoms with Gasteiger partial charge in [0.15, 0.2) is 0 Å². The van der Waals surface area contributed by atoms with Gasteiger partial charge in [-0.3, -0.25) is 9.89 Å². The fourth-order valence-corrected chi connectivity index (χ4v) is 0.725. The molecule has 1 aromatic rings. The zero-order chi connectivity index (χ0) is 7.56. The lowest BCUT2D eigenvalue weighted by Crippen LogP contribution is -1.99. The maximum absolute atomic E-state index is 10.2. The van der Waals surface area contributed by atoms with E-state index in [1.807, 2.05) is 0 Å². The second-order valence-electron chi connectivity index (χ2n) is 2.07. The molecule has 0 radical (unpaired) electrons. The molecule has 0 unspecified atom stereocenters. The lowest BCUT2D eigenvalue weighted by Gasteiger charge is -1.89. The first kappa shape index (κ1) is 6.80. The number of carbonyl (C=O) groups is 1. The standard InChI is InChI=1S/C6H8N2O2/c1-4-5(2-6(9)10)3-7-8-4/h3H,2H2,1H3,(H,7,8)(H,9,10). The van der Waals surface area contributed by atoms with Crippen LogP contribution in [0.2, 0.25) is 0 Å². The smallest absolute Gasteiger partial charge is 0.307 e. The average molecular weight is 140 g/mol. The maximum Gasteiger partial charge on any atom is 0.307 e. The van der Waals surface area contributed by atoms with Gasteiger partial charge in [0.25, 0.3) is 0 Å². The summed E-state index contributed by atoms with van der Waals surface area (Å²) in [5.41, 5.74) is 1.50. The quantitative estimate of drug-likeness (QED) is 0.622. The summed E-state index contributed by atoms with van der Waals surface area (Å²) in [5.74, 6) is -0.829. The zero-order valence-corrected chi connectivity index (χ0v) is 5.59. The van der Waals surface area contributed by atoms with Crippen LogP contribution in [-0.2, 0) is 11.2 Å². The van der Waals surface area contributed by atoms with Crippen LogP contribution >= 0.6 is 0 Å². The summed E-state index contributed by atoms with van der Waals surface area (Å²) >= 11 is 0. The molecular weight excluding hydrogens is 132 g/mol. The second-order valence-corrected chi connectivity index (χ2v) is 2.07. The monoisotopic (exact) mass is 140 g/mol. The van der Waals surface area contributed by atoms with Crippen LogP contribution < -0.4 is 0 Å². The number of nitrogens with zero attached hydrogens (tertiary/aromatic N) is 1. The first-order valence-corrected chi connectivity index (χ1v) is 2.91. The number of hydrogen-bond acceptors (Lipinski definition) is 2. The molecule has 4 heteroatoms. The third-order valence-corrected chi connectivity index (χ3v) is 1.28. The molecule has 0 aromatic carbocycles. The van der Waals surface area contributed by atoms with Gasteiger partial charge < -0.3 is 5.11 Å². The van der Waals surface area contributed by atoms with E-state index < -0.39 is 5.97 Å². The summed E-state index contributed by atoms with van der Waals surface area (Å²) in [4.78, 5) is 10.2. The molecule has 1 aromatic heterocycles. The number of aryl methyl sites for hydroxylation is 1. The molecule has 4 nitrogen and oxygen atoms in total. The largest absolute Gasteiger partial charge is 0.481 e. The van der Waals surface area contributed by atoms with Crippen LogP contribution in [0.25, 0.3) is 0 Å². The minimum absolute atomic E-state index is 0.0440. The van der Waals surface area contributed by atoms with Gasteiger partial charge in [-0.2, -0.15) is 5.10 Å². The number of rotatable bonds is 2. The molecule has 0 spiro atoms. The Bertz CT molecular complexity index is 242. The molecule has 0 atom stereocenters. The minimum Gasteiger partial charge on any atom is -0.481 e. The Morgan fingerprint density at radius 1 is 1.90 bits per heavy atom. The lowest BCUT2D eigenvalue weighted by atomic mass is 10.2. The highest BCUT2D eigenvalue weighted by molar-refractivity contribution is 5.70. The Morgan fingerprint density at radius 3 is 3.00 bits per heavy atom. The van der Waals surface area contributed by atoms with Crippen LogP contribution in [0.1, 0.15) is 11.3 Å². The molecule has 0 saturated carbocycles. The van der Waals surface area contributed by atoms with Crippen molar-refractivity contribution in [1.82, 2.24) is 10.2 Å². The van der Waals surface area contributed by atoms with Crippen molar-refractivity contribution >= 4 is 5.97 Å². The number of carboxylic acid groups (broad SMARTS) is 1. The van der Waals surface area contributed by atoms with Crippen molar-refractivity contribution in [3.8, 4) is 0 Å². The maximum atomic E-state index is 10.2. The fraction of sp³-hybridized carbons (Fsp3) is 0.333. The molecular formula is C6H8N2O2. The fourth-order valence-electron chi connectivity index (χ4n) is 0.725. The molecule has 1 heterocycles. The Morgan fingerprint density at radius 2 is 2.60 bits per heavy atom. The molecule has 0 amide bonds. The zero-order valence-electron chi connectivity index (χ0n) is 5.59. The van der Waals surface area contributed by atoms with Gasteiger partial charge in [0.1, 0.15) is 0 Å². The molecule has 0 fully saturated rings. The van der Waals surface area contributed by atoms with E-state index in [0.29, 0.717) is 0 Å². The van der Waals surface area contributed by atoms with Gasteiger partial charge in [0.2, 0.25) is 0 Å². The van der Waals surface area contributed by atoms with Gasteiger partial charge in [-0.15, -0.1) is 0 Å². The van der Waals surface area contributed by atoms with Crippen LogP contribution in [-0.4, -0.2) is 21.3 Å². The number of carboxylic acids is 1. The predicted molar refractivity (Wildman–Crippen MR) is 34.7 cm³/mol. The van der Waals surface area contributed by atoms with E-state index in [1.165, 1.54) is 0 Å². The van der Waals surface area contributed by atoms with Crippen molar-refractivity contribution in [3.05, 3.63) is 17.5 Å². The first-order chi connectivity index (χ1) is 4.70. The number of aliphatic carboxylic acids is 1. The molecule has 1 rings (SSSR count). The molecule has 0 saturated heterocycles. The Hall–Kier alpha value is -1.32. The van der Waals surface area contributed by atoms with E-state index in [4.69, 9.17) is 5.11 Å². The highest BCUT2D eigenvalue weighted by Gasteiger charge is 2.04. The predicted octanol–water partition coefficient (Wildman–Crippen LogP) is 0.345. The molecule has 54 valence electrons. The summed E-state index contributed by atoms with van der Waals surface area (Å²) in [6.45, 7) is 1.77. The van der Waals surface area contributed by atoms with E-state index in [0.717, 1.165) is 11.3 Å². The van der Waals surface area contributed by atoms with Crippen molar-refractivity contribution in [3.63, 3.8) is 0 Å². The van der Waals surface area contributed by atoms with Crippen molar-refractivity contribution in [2.45, 2.75) is 13.3 Å². The van der Waals surface area contributed by atoms with Crippen LogP contribution in [0.4, 0.5) is 0 Å². The lowest BCUT2D eigenvalue weighted by molar-refractivity contribution is -0.136. The molecule has 0 aliphatic carbocycles. The summed E-state index contributed by atoms with van der Waals surface area (Å²) < 4.78 is 0. The average Bonchev–Trinajstić information content (AvgIpc) is 2.15. The number of H-pyrrole nitrogens is 1. The molecule has 0 aliphatic rings. The summed E-state index contributed by atoms with van der Waals surface area (Å²) in [7, 11) is 0. The Labute approximate surface area is 57.9 Å². The summed E-state index contributed by atoms with van der Waals surface area (Å²) in [6.07, 6.45) is 1.64. The number of nitrogens with one attached hydrogen (secondary N) is 1. The molecule has 10 heavy (non-hydrogen) atoms. The second kappa shape index (κ2) is 2.51. The van der Waals surface area contributed by atoms with E-state index in [-0.39, 0.29) is 6.42 Å². The SMILES string of the molecule is Cc1n[nH]cc1CC(=O)O. The Balaban J connectivity index is 2.74. The van der Waals surface area contributed by atoms with Gasteiger partial charge in [-0.25, -0.2) is 0 Å². The number of hydrogen-bond donors (Lipinski definition) is 2. The number of aromatic amines is 1. The Kier molecular flexibility index (Phi) is 1.71. The number of aromatic nitrogens is 2. The van der Waals surface area contributed by atoms with Crippen LogP contribution in [0.3, 0.4) is 0 Å². The van der Waals surface area contributed by atoms with Crippen molar-refractivity contribution in [1.29, 1.82) is 0 Å². The highest BCUT2D eigenvalue weighted by atomic mass is 16.4. The summed E-state index contributed by atoms with van der Waals surface area (Å²) in [5, 5.41) is 14.7. The van der Waals surface area contributed by atoms with Gasteiger partial charge in [-0.05, 0) is 6.92 Å². The van der Waals surface area contributed by atoms with Gasteiger partial charge in [-0.1, -0.05) is 0 Å². The molecule has 0 aliphatic heterocycles. The van der Waals surface area contributed by atoms with Crippen molar-refractivity contribution in [2.75, 3.05) is 0 Å². The van der Waals surface area contributed by atoms with Gasteiger partial charge in [0, 0.05) is 11.8 Å². The van der Waals surface area contributed by atoms with Gasteiger partial charge >= 0.3 is 5.97 Å². The van der Waals surface area contributed by atoms with E-state index in [1.54, 1.807) is 13.1 Å². The third kappa shape index (κ3) is 1.34. The van der Waals surface area contributed by atoms with Crippen molar-refractivity contribution in [2.24, 2.45) is 0 Å². The topological polar surface area (TPSA) is 66.0 Å². The van der Waals surface area contributed by atoms with Crippen LogP contribution in [0.15, 0.2) is 6.20 Å². The van der Waals surface area contributed by atoms with E-state index in [9.17, 15) is 4.79 Å². The third-order valence-electron chi connectivity index (χ3n) is 1.28. The minimum atomic E-state index is -0.829. The van der Waals surface area contributed by atoms with E-state index in [2.05, 4.69) is 10.2 Å². The van der Waals surface area contributed by atoms with Crippen LogP contribution in [0.5, 0.6) is 0 Å². The van der Waals surface area contributed by atoms with Crippen LogP contribution in [0, 0.1) is 6.92 Å². The molecule has 0 bridgehead atoms. The normalized spacial score (nSPS) is 9.70. The molecule has 2 N–H and O–H groups in total. The highest BCUT2D eigenvalue weighted by Crippen LogP contribution is 2.02. The van der Waals surface area contributed by atoms with Gasteiger partial charge in [0.05, 0.1) is 12.1 Å². The summed E-state index contributed by atoms with van der Waals surface area (Å²) in [6, 6.07) is 0. The van der Waals surface area contributed by atoms with Crippen molar-refractivity contribution < 1.29 is 9.90 Å². The van der Waals surface area contributed by atoms with E-state index >= 15 is 0 Å². The first-order valence-electron chi connectivity index (χ1n) is 2.91.